The van der Waals surface area contributed by atoms with E-state index in [-0.39, 0.29) is 11.9 Å². The molecule has 0 saturated heterocycles. The van der Waals surface area contributed by atoms with Crippen molar-refractivity contribution < 1.29 is 9.59 Å². The Balaban J connectivity index is 2.10. The van der Waals surface area contributed by atoms with Crippen molar-refractivity contribution in [1.82, 2.24) is 9.80 Å². The van der Waals surface area contributed by atoms with Crippen LogP contribution in [0.3, 0.4) is 0 Å². The molecule has 0 saturated carbocycles. The number of nitrogens with two attached hydrogens (primary N) is 1. The molecule has 0 fully saturated rings. The van der Waals surface area contributed by atoms with E-state index in [9.17, 15) is 9.59 Å². The lowest BCUT2D eigenvalue weighted by molar-refractivity contribution is -0.135. The maximum Gasteiger partial charge on any atom is 0.248 e. The molecule has 2 rings (SSSR count). The molecular weight excluding hydrogens is 314 g/mol. The van der Waals surface area contributed by atoms with Gasteiger partial charge in [0.05, 0.1) is 6.04 Å². The van der Waals surface area contributed by atoms with Crippen molar-refractivity contribution in [2.24, 2.45) is 5.73 Å². The molecule has 0 bridgehead atoms. The van der Waals surface area contributed by atoms with Gasteiger partial charge in [0, 0.05) is 19.2 Å². The molecular formula is C20H25N3O2. The number of hydrogen-bond acceptors (Lipinski definition) is 3. The maximum atomic E-state index is 12.9. The molecule has 0 radical (unpaired) electrons. The van der Waals surface area contributed by atoms with E-state index in [2.05, 4.69) is 0 Å². The highest BCUT2D eigenvalue weighted by Crippen LogP contribution is 2.12. The third kappa shape index (κ3) is 5.16. The van der Waals surface area contributed by atoms with Crippen LogP contribution >= 0.6 is 0 Å². The molecule has 2 aromatic rings. The lowest BCUT2D eigenvalue weighted by Gasteiger charge is -2.28. The highest BCUT2D eigenvalue weighted by molar-refractivity contribution is 5.92. The van der Waals surface area contributed by atoms with Gasteiger partial charge in [-0.15, -0.1) is 0 Å². The van der Waals surface area contributed by atoms with E-state index < -0.39 is 5.91 Å². The predicted octanol–water partition coefficient (Wildman–Crippen LogP) is 1.92. The van der Waals surface area contributed by atoms with E-state index in [1.807, 2.05) is 55.4 Å². The van der Waals surface area contributed by atoms with E-state index in [1.54, 1.807) is 30.1 Å². The van der Waals surface area contributed by atoms with Crippen LogP contribution in [-0.4, -0.2) is 48.8 Å². The zero-order valence-corrected chi connectivity index (χ0v) is 15.0. The molecule has 5 heteroatoms. The Morgan fingerprint density at radius 1 is 0.960 bits per heavy atom. The first-order valence-electron chi connectivity index (χ1n) is 8.22. The third-order valence-corrected chi connectivity index (χ3v) is 4.19. The van der Waals surface area contributed by atoms with Crippen LogP contribution in [0, 0.1) is 0 Å². The second-order valence-electron chi connectivity index (χ2n) is 6.43. The number of primary amides is 1. The van der Waals surface area contributed by atoms with Crippen LogP contribution in [0.5, 0.6) is 0 Å². The lowest BCUT2D eigenvalue weighted by Crippen LogP contribution is -2.45. The van der Waals surface area contributed by atoms with Crippen molar-refractivity contribution in [1.29, 1.82) is 0 Å². The molecule has 2 aromatic carbocycles. The van der Waals surface area contributed by atoms with E-state index in [1.165, 1.54) is 0 Å². The highest BCUT2D eigenvalue weighted by Gasteiger charge is 2.24. The van der Waals surface area contributed by atoms with E-state index in [0.717, 1.165) is 11.1 Å². The van der Waals surface area contributed by atoms with Gasteiger partial charge in [-0.2, -0.15) is 0 Å². The van der Waals surface area contributed by atoms with Gasteiger partial charge in [0.1, 0.15) is 0 Å². The van der Waals surface area contributed by atoms with Gasteiger partial charge < -0.3 is 10.6 Å². The molecule has 1 unspecified atom stereocenters. The van der Waals surface area contributed by atoms with Crippen molar-refractivity contribution in [2.45, 2.75) is 19.0 Å². The van der Waals surface area contributed by atoms with Crippen molar-refractivity contribution in [2.75, 3.05) is 21.1 Å². The number of carbonyl (C=O) groups excluding carboxylic acids is 2. The van der Waals surface area contributed by atoms with Crippen LogP contribution in [0.25, 0.3) is 0 Å². The van der Waals surface area contributed by atoms with E-state index >= 15 is 0 Å². The summed E-state index contributed by atoms with van der Waals surface area (Å²) in [5, 5.41) is 0. The van der Waals surface area contributed by atoms with Crippen molar-refractivity contribution in [3.8, 4) is 0 Å². The number of hydrogen-bond donors (Lipinski definition) is 1. The summed E-state index contributed by atoms with van der Waals surface area (Å²) in [7, 11) is 5.60. The molecule has 0 heterocycles. The maximum absolute atomic E-state index is 12.9. The molecule has 0 spiro atoms. The van der Waals surface area contributed by atoms with Gasteiger partial charge in [-0.1, -0.05) is 42.5 Å². The first-order valence-corrected chi connectivity index (χ1v) is 8.22. The summed E-state index contributed by atoms with van der Waals surface area (Å²) >= 11 is 0. The fourth-order valence-corrected chi connectivity index (χ4v) is 2.76. The number of carbonyl (C=O) groups is 2. The Labute approximate surface area is 149 Å². The minimum absolute atomic E-state index is 0.0401. The van der Waals surface area contributed by atoms with Crippen LogP contribution in [-0.2, 0) is 17.8 Å². The SMILES string of the molecule is CN(Cc1cccc(C(N)=O)c1)C(=O)C(Cc1ccccc1)N(C)C. The average Bonchev–Trinajstić information content (AvgIpc) is 2.60. The molecule has 1 atom stereocenters. The Morgan fingerprint density at radius 3 is 2.20 bits per heavy atom. The van der Waals surface area contributed by atoms with E-state index in [0.29, 0.717) is 18.5 Å². The third-order valence-electron chi connectivity index (χ3n) is 4.19. The minimum Gasteiger partial charge on any atom is -0.366 e. The molecule has 0 aliphatic rings. The number of nitrogens with zero attached hydrogens (tertiary/aromatic N) is 2. The topological polar surface area (TPSA) is 66.6 Å². The van der Waals surface area contributed by atoms with Gasteiger partial charge in [0.15, 0.2) is 0 Å². The van der Waals surface area contributed by atoms with Gasteiger partial charge in [-0.25, -0.2) is 0 Å². The summed E-state index contributed by atoms with van der Waals surface area (Å²) in [5.74, 6) is -0.426. The smallest absolute Gasteiger partial charge is 0.248 e. The Bertz CT molecular complexity index is 729. The Morgan fingerprint density at radius 2 is 1.60 bits per heavy atom. The lowest BCUT2D eigenvalue weighted by atomic mass is 10.0. The molecule has 132 valence electrons. The Hall–Kier alpha value is -2.66. The highest BCUT2D eigenvalue weighted by atomic mass is 16.2. The predicted molar refractivity (Wildman–Crippen MR) is 99.1 cm³/mol. The van der Waals surface area contributed by atoms with Gasteiger partial charge in [-0.05, 0) is 43.8 Å². The quantitative estimate of drug-likeness (QED) is 0.838. The second kappa shape index (κ2) is 8.44. The number of benzene rings is 2. The van der Waals surface area contributed by atoms with Crippen LogP contribution in [0.15, 0.2) is 54.6 Å². The average molecular weight is 339 g/mol. The largest absolute Gasteiger partial charge is 0.366 e. The zero-order valence-electron chi connectivity index (χ0n) is 15.0. The summed E-state index contributed by atoms with van der Waals surface area (Å²) in [6.07, 6.45) is 0.651. The first kappa shape index (κ1) is 18.7. The van der Waals surface area contributed by atoms with Crippen molar-refractivity contribution >= 4 is 11.8 Å². The monoisotopic (exact) mass is 339 g/mol. The van der Waals surface area contributed by atoms with Crippen LogP contribution < -0.4 is 5.73 Å². The normalized spacial score (nSPS) is 12.0. The molecule has 0 aliphatic heterocycles. The number of likely N-dealkylation sites (N-methyl/N-ethyl adjacent to an activating group) is 2. The van der Waals surface area contributed by atoms with Crippen LogP contribution in [0.2, 0.25) is 0 Å². The van der Waals surface area contributed by atoms with Gasteiger partial charge in [0.2, 0.25) is 11.8 Å². The summed E-state index contributed by atoms with van der Waals surface area (Å²) in [6.45, 7) is 0.430. The molecule has 5 nitrogen and oxygen atoms in total. The molecule has 25 heavy (non-hydrogen) atoms. The van der Waals surface area contributed by atoms with Gasteiger partial charge >= 0.3 is 0 Å². The van der Waals surface area contributed by atoms with Crippen LogP contribution in [0.4, 0.5) is 0 Å². The van der Waals surface area contributed by atoms with Crippen LogP contribution in [0.1, 0.15) is 21.5 Å². The summed E-state index contributed by atoms with van der Waals surface area (Å²) in [4.78, 5) is 27.8. The molecule has 2 N–H and O–H groups in total. The van der Waals surface area contributed by atoms with E-state index in [4.69, 9.17) is 5.73 Å². The molecule has 0 aromatic heterocycles. The summed E-state index contributed by atoms with van der Waals surface area (Å²) < 4.78 is 0. The first-order chi connectivity index (χ1) is 11.9. The summed E-state index contributed by atoms with van der Waals surface area (Å²) in [6, 6.07) is 16.8. The Kier molecular flexibility index (Phi) is 6.31. The standard InChI is InChI=1S/C20H25N3O2/c1-22(2)18(13-15-8-5-4-6-9-15)20(25)23(3)14-16-10-7-11-17(12-16)19(21)24/h4-12,18H,13-14H2,1-3H3,(H2,21,24). The second-order valence-corrected chi connectivity index (χ2v) is 6.43. The number of rotatable bonds is 7. The molecule has 0 aliphatic carbocycles. The zero-order chi connectivity index (χ0) is 18.4. The fourth-order valence-electron chi connectivity index (χ4n) is 2.76. The van der Waals surface area contributed by atoms with Crippen molar-refractivity contribution in [3.63, 3.8) is 0 Å². The fraction of sp³-hybridized carbons (Fsp3) is 0.300. The molecule has 2 amide bonds. The van der Waals surface area contributed by atoms with Gasteiger partial charge in [-0.3, -0.25) is 14.5 Å². The van der Waals surface area contributed by atoms with Gasteiger partial charge in [0.25, 0.3) is 0 Å². The number of amides is 2. The minimum atomic E-state index is -0.467. The summed E-state index contributed by atoms with van der Waals surface area (Å²) in [5.41, 5.74) is 7.77. The van der Waals surface area contributed by atoms with Crippen molar-refractivity contribution in [3.05, 3.63) is 71.3 Å².